The SMILES string of the molecule is CCOCC(C)(O)c1cnc(N)s1. The number of hydrogen-bond donors (Lipinski definition) is 2. The van der Waals surface area contributed by atoms with Crippen LogP contribution in [0.3, 0.4) is 0 Å². The smallest absolute Gasteiger partial charge is 0.180 e. The molecule has 0 radical (unpaired) electrons. The Morgan fingerprint density at radius 1 is 1.77 bits per heavy atom. The van der Waals surface area contributed by atoms with Crippen LogP contribution in [0.4, 0.5) is 5.13 Å². The zero-order valence-corrected chi connectivity index (χ0v) is 8.60. The Labute approximate surface area is 81.4 Å². The van der Waals surface area contributed by atoms with Gasteiger partial charge in [0.1, 0.15) is 5.60 Å². The largest absolute Gasteiger partial charge is 0.382 e. The van der Waals surface area contributed by atoms with Crippen molar-refractivity contribution in [1.29, 1.82) is 0 Å². The van der Waals surface area contributed by atoms with Crippen molar-refractivity contribution in [1.82, 2.24) is 4.98 Å². The fraction of sp³-hybridized carbons (Fsp3) is 0.625. The van der Waals surface area contributed by atoms with E-state index < -0.39 is 5.60 Å². The Balaban J connectivity index is 2.68. The summed E-state index contributed by atoms with van der Waals surface area (Å²) in [5.74, 6) is 0. The van der Waals surface area contributed by atoms with Crippen LogP contribution in [0.15, 0.2) is 6.20 Å². The minimum Gasteiger partial charge on any atom is -0.382 e. The van der Waals surface area contributed by atoms with Gasteiger partial charge in [0.05, 0.1) is 11.5 Å². The number of nitrogen functional groups attached to an aromatic ring is 1. The second-order valence-corrected chi connectivity index (χ2v) is 4.04. The van der Waals surface area contributed by atoms with Crippen LogP contribution >= 0.6 is 11.3 Å². The molecule has 0 aliphatic carbocycles. The number of rotatable bonds is 4. The van der Waals surface area contributed by atoms with Gasteiger partial charge in [-0.05, 0) is 13.8 Å². The van der Waals surface area contributed by atoms with Crippen LogP contribution in [0.5, 0.6) is 0 Å². The molecule has 1 heterocycles. The highest BCUT2D eigenvalue weighted by atomic mass is 32.1. The monoisotopic (exact) mass is 202 g/mol. The van der Waals surface area contributed by atoms with Gasteiger partial charge in [-0.25, -0.2) is 4.98 Å². The van der Waals surface area contributed by atoms with Crippen molar-refractivity contribution in [3.05, 3.63) is 11.1 Å². The Kier molecular flexibility index (Phi) is 3.24. The van der Waals surface area contributed by atoms with Gasteiger partial charge in [-0.15, -0.1) is 0 Å². The summed E-state index contributed by atoms with van der Waals surface area (Å²) in [5.41, 5.74) is 4.48. The van der Waals surface area contributed by atoms with E-state index in [0.29, 0.717) is 11.7 Å². The minimum absolute atomic E-state index is 0.269. The fourth-order valence-corrected chi connectivity index (χ4v) is 1.62. The summed E-state index contributed by atoms with van der Waals surface area (Å²) in [4.78, 5) is 4.61. The Bertz CT molecular complexity index is 273. The van der Waals surface area contributed by atoms with Gasteiger partial charge in [0.2, 0.25) is 0 Å². The lowest BCUT2D eigenvalue weighted by molar-refractivity contribution is -0.0319. The van der Waals surface area contributed by atoms with Crippen LogP contribution in [0, 0.1) is 0 Å². The molecule has 1 rings (SSSR count). The Morgan fingerprint density at radius 3 is 2.92 bits per heavy atom. The van der Waals surface area contributed by atoms with Gasteiger partial charge >= 0.3 is 0 Å². The number of aliphatic hydroxyl groups is 1. The van der Waals surface area contributed by atoms with Crippen LogP contribution in [-0.4, -0.2) is 23.3 Å². The lowest BCUT2D eigenvalue weighted by atomic mass is 10.1. The van der Waals surface area contributed by atoms with Gasteiger partial charge in [-0.2, -0.15) is 0 Å². The predicted molar refractivity (Wildman–Crippen MR) is 52.6 cm³/mol. The molecule has 0 fully saturated rings. The third-order valence-electron chi connectivity index (χ3n) is 1.64. The normalized spacial score (nSPS) is 15.6. The highest BCUT2D eigenvalue weighted by molar-refractivity contribution is 7.15. The zero-order chi connectivity index (χ0) is 9.90. The number of anilines is 1. The molecule has 4 nitrogen and oxygen atoms in total. The first-order valence-electron chi connectivity index (χ1n) is 4.08. The standard InChI is InChI=1S/C8H14N2O2S/c1-3-12-5-8(2,11)6-4-10-7(9)13-6/h4,11H,3,5H2,1-2H3,(H2,9,10). The summed E-state index contributed by atoms with van der Waals surface area (Å²) in [5, 5.41) is 10.4. The van der Waals surface area contributed by atoms with E-state index >= 15 is 0 Å². The number of thiazole rings is 1. The van der Waals surface area contributed by atoms with Gasteiger partial charge in [0.15, 0.2) is 5.13 Å². The van der Waals surface area contributed by atoms with E-state index in [9.17, 15) is 5.11 Å². The second-order valence-electron chi connectivity index (χ2n) is 2.97. The van der Waals surface area contributed by atoms with Crippen LogP contribution in [-0.2, 0) is 10.3 Å². The second kappa shape index (κ2) is 4.04. The van der Waals surface area contributed by atoms with Crippen molar-refractivity contribution in [3.8, 4) is 0 Å². The first kappa shape index (κ1) is 10.4. The van der Waals surface area contributed by atoms with Gasteiger partial charge in [-0.1, -0.05) is 11.3 Å². The van der Waals surface area contributed by atoms with E-state index in [1.165, 1.54) is 11.3 Å². The summed E-state index contributed by atoms with van der Waals surface area (Å²) in [6.07, 6.45) is 1.58. The molecular formula is C8H14N2O2S. The summed E-state index contributed by atoms with van der Waals surface area (Å²) in [6.45, 7) is 4.43. The number of aromatic nitrogens is 1. The van der Waals surface area contributed by atoms with Crippen LogP contribution in [0.1, 0.15) is 18.7 Å². The molecule has 5 heteroatoms. The van der Waals surface area contributed by atoms with E-state index in [2.05, 4.69) is 4.98 Å². The highest BCUT2D eigenvalue weighted by Gasteiger charge is 2.25. The van der Waals surface area contributed by atoms with Crippen molar-refractivity contribution in [2.75, 3.05) is 18.9 Å². The fourth-order valence-electron chi connectivity index (χ4n) is 0.909. The van der Waals surface area contributed by atoms with Crippen LogP contribution < -0.4 is 5.73 Å². The number of ether oxygens (including phenoxy) is 1. The van der Waals surface area contributed by atoms with E-state index in [0.717, 1.165) is 4.88 Å². The maximum absolute atomic E-state index is 9.92. The number of hydrogen-bond acceptors (Lipinski definition) is 5. The molecule has 0 saturated carbocycles. The molecular weight excluding hydrogens is 188 g/mol. The molecule has 3 N–H and O–H groups in total. The van der Waals surface area contributed by atoms with Crippen LogP contribution in [0.25, 0.3) is 0 Å². The van der Waals surface area contributed by atoms with Gasteiger partial charge < -0.3 is 15.6 Å². The Hall–Kier alpha value is -0.650. The average Bonchev–Trinajstić information content (AvgIpc) is 2.49. The van der Waals surface area contributed by atoms with Gasteiger partial charge in [-0.3, -0.25) is 0 Å². The van der Waals surface area contributed by atoms with Gasteiger partial charge in [0, 0.05) is 12.8 Å². The molecule has 0 bridgehead atoms. The summed E-state index contributed by atoms with van der Waals surface area (Å²) in [7, 11) is 0. The van der Waals surface area contributed by atoms with Crippen molar-refractivity contribution in [2.24, 2.45) is 0 Å². The third-order valence-corrected chi connectivity index (χ3v) is 2.72. The van der Waals surface area contributed by atoms with E-state index in [-0.39, 0.29) is 6.61 Å². The number of nitrogens with two attached hydrogens (primary N) is 1. The molecule has 1 unspecified atom stereocenters. The Morgan fingerprint density at radius 2 is 2.46 bits per heavy atom. The molecule has 13 heavy (non-hydrogen) atoms. The molecule has 74 valence electrons. The summed E-state index contributed by atoms with van der Waals surface area (Å²) >= 11 is 1.28. The van der Waals surface area contributed by atoms with Crippen molar-refractivity contribution in [3.63, 3.8) is 0 Å². The molecule has 1 atom stereocenters. The third kappa shape index (κ3) is 2.65. The predicted octanol–water partition coefficient (Wildman–Crippen LogP) is 0.969. The molecule has 1 aromatic heterocycles. The molecule has 0 aliphatic heterocycles. The highest BCUT2D eigenvalue weighted by Crippen LogP contribution is 2.27. The van der Waals surface area contributed by atoms with Crippen molar-refractivity contribution >= 4 is 16.5 Å². The van der Waals surface area contributed by atoms with Crippen LogP contribution in [0.2, 0.25) is 0 Å². The van der Waals surface area contributed by atoms with Gasteiger partial charge in [0.25, 0.3) is 0 Å². The molecule has 0 aromatic carbocycles. The summed E-state index contributed by atoms with van der Waals surface area (Å²) in [6, 6.07) is 0. The maximum atomic E-state index is 9.92. The molecule has 0 spiro atoms. The van der Waals surface area contributed by atoms with E-state index in [4.69, 9.17) is 10.5 Å². The van der Waals surface area contributed by atoms with E-state index in [1.807, 2.05) is 6.92 Å². The van der Waals surface area contributed by atoms with Crippen molar-refractivity contribution in [2.45, 2.75) is 19.4 Å². The quantitative estimate of drug-likeness (QED) is 0.763. The lowest BCUT2D eigenvalue weighted by Crippen LogP contribution is -2.26. The molecule has 1 aromatic rings. The topological polar surface area (TPSA) is 68.4 Å². The van der Waals surface area contributed by atoms with Crippen molar-refractivity contribution < 1.29 is 9.84 Å². The maximum Gasteiger partial charge on any atom is 0.180 e. The lowest BCUT2D eigenvalue weighted by Gasteiger charge is -2.20. The van der Waals surface area contributed by atoms with E-state index in [1.54, 1.807) is 13.1 Å². The average molecular weight is 202 g/mol. The molecule has 0 aliphatic rings. The molecule has 0 amide bonds. The summed E-state index contributed by atoms with van der Waals surface area (Å²) < 4.78 is 5.15. The molecule has 0 saturated heterocycles. The first-order chi connectivity index (χ1) is 6.06. The minimum atomic E-state index is -0.981. The number of nitrogens with zero attached hydrogens (tertiary/aromatic N) is 1. The zero-order valence-electron chi connectivity index (χ0n) is 7.78. The first-order valence-corrected chi connectivity index (χ1v) is 4.90.